The molecule has 0 radical (unpaired) electrons. The fourth-order valence-corrected chi connectivity index (χ4v) is 4.37. The zero-order chi connectivity index (χ0) is 13.6. The van der Waals surface area contributed by atoms with Crippen LogP contribution in [0.2, 0.25) is 0 Å². The molecule has 0 heterocycles. The molecule has 0 spiro atoms. The molecule has 2 aliphatic rings. The van der Waals surface area contributed by atoms with Crippen LogP contribution in [0.5, 0.6) is 0 Å². The first-order chi connectivity index (χ1) is 8.33. The highest BCUT2D eigenvalue weighted by Gasteiger charge is 2.47. The number of carbonyl (C=O) groups is 1. The third-order valence-electron chi connectivity index (χ3n) is 5.68. The summed E-state index contributed by atoms with van der Waals surface area (Å²) in [4.78, 5) is 12.4. The van der Waals surface area contributed by atoms with E-state index in [1.165, 1.54) is 19.3 Å². The number of ketones is 1. The van der Waals surface area contributed by atoms with E-state index in [0.29, 0.717) is 23.5 Å². The molecule has 0 saturated heterocycles. The van der Waals surface area contributed by atoms with Crippen LogP contribution in [0, 0.1) is 16.7 Å². The van der Waals surface area contributed by atoms with Crippen molar-refractivity contribution in [3.63, 3.8) is 0 Å². The molecule has 0 aliphatic heterocycles. The number of hydrogen-bond acceptors (Lipinski definition) is 1. The molecular formula is C17H28O. The van der Waals surface area contributed by atoms with Gasteiger partial charge in [0.15, 0.2) is 0 Å². The molecule has 0 saturated carbocycles. The van der Waals surface area contributed by atoms with Crippen molar-refractivity contribution in [2.75, 3.05) is 0 Å². The molecule has 0 bridgehead atoms. The SMILES string of the molecule is CCC(=O)C1(C)CCC2=C(C1C)C(C)(C)CCC2. The van der Waals surface area contributed by atoms with Crippen molar-refractivity contribution in [3.8, 4) is 0 Å². The molecule has 0 amide bonds. The predicted octanol–water partition coefficient (Wildman–Crippen LogP) is 4.91. The number of hydrogen-bond donors (Lipinski definition) is 0. The third-order valence-corrected chi connectivity index (χ3v) is 5.68. The minimum Gasteiger partial charge on any atom is -0.299 e. The molecule has 2 rings (SSSR count). The van der Waals surface area contributed by atoms with Gasteiger partial charge in [0.1, 0.15) is 5.78 Å². The van der Waals surface area contributed by atoms with Crippen LogP contribution in [0.1, 0.15) is 73.1 Å². The van der Waals surface area contributed by atoms with Gasteiger partial charge in [0.2, 0.25) is 0 Å². The molecule has 0 aromatic carbocycles. The molecule has 2 atom stereocenters. The van der Waals surface area contributed by atoms with Gasteiger partial charge in [-0.15, -0.1) is 0 Å². The van der Waals surface area contributed by atoms with Crippen molar-refractivity contribution in [1.29, 1.82) is 0 Å². The topological polar surface area (TPSA) is 17.1 Å². The Labute approximate surface area is 112 Å². The Hall–Kier alpha value is -0.590. The highest BCUT2D eigenvalue weighted by molar-refractivity contribution is 5.85. The summed E-state index contributed by atoms with van der Waals surface area (Å²) in [6.07, 6.45) is 6.80. The average Bonchev–Trinajstić information content (AvgIpc) is 2.32. The molecule has 18 heavy (non-hydrogen) atoms. The zero-order valence-corrected chi connectivity index (χ0v) is 12.7. The summed E-state index contributed by atoms with van der Waals surface area (Å²) in [6.45, 7) is 11.3. The molecular weight excluding hydrogens is 220 g/mol. The second kappa shape index (κ2) is 4.51. The van der Waals surface area contributed by atoms with E-state index in [-0.39, 0.29) is 5.41 Å². The van der Waals surface area contributed by atoms with E-state index in [2.05, 4.69) is 27.7 Å². The highest BCUT2D eigenvalue weighted by atomic mass is 16.1. The van der Waals surface area contributed by atoms with Crippen LogP contribution in [0.25, 0.3) is 0 Å². The van der Waals surface area contributed by atoms with E-state index in [9.17, 15) is 4.79 Å². The quantitative estimate of drug-likeness (QED) is 0.635. The van der Waals surface area contributed by atoms with Crippen molar-refractivity contribution in [1.82, 2.24) is 0 Å². The molecule has 2 aliphatic carbocycles. The Morgan fingerprint density at radius 3 is 2.50 bits per heavy atom. The van der Waals surface area contributed by atoms with Crippen LogP contribution < -0.4 is 0 Å². The smallest absolute Gasteiger partial charge is 0.139 e. The molecule has 1 nitrogen and oxygen atoms in total. The predicted molar refractivity (Wildman–Crippen MR) is 76.5 cm³/mol. The Kier molecular flexibility index (Phi) is 3.46. The van der Waals surface area contributed by atoms with Crippen molar-refractivity contribution in [2.24, 2.45) is 16.7 Å². The van der Waals surface area contributed by atoms with E-state index >= 15 is 0 Å². The van der Waals surface area contributed by atoms with Crippen LogP contribution in [0.3, 0.4) is 0 Å². The molecule has 0 fully saturated rings. The van der Waals surface area contributed by atoms with Gasteiger partial charge in [0, 0.05) is 11.8 Å². The summed E-state index contributed by atoms with van der Waals surface area (Å²) < 4.78 is 0. The van der Waals surface area contributed by atoms with Gasteiger partial charge in [-0.2, -0.15) is 0 Å². The van der Waals surface area contributed by atoms with Crippen LogP contribution in [-0.2, 0) is 4.79 Å². The maximum atomic E-state index is 12.4. The van der Waals surface area contributed by atoms with E-state index in [0.717, 1.165) is 12.8 Å². The van der Waals surface area contributed by atoms with E-state index in [4.69, 9.17) is 0 Å². The standard InChI is InChI=1S/C17H28O/c1-6-14(18)17(5)11-9-13-8-7-10-16(3,4)15(13)12(17)2/h12H,6-11H2,1-5H3. The van der Waals surface area contributed by atoms with Gasteiger partial charge in [-0.1, -0.05) is 45.8 Å². The van der Waals surface area contributed by atoms with E-state index in [1.807, 2.05) is 6.92 Å². The van der Waals surface area contributed by atoms with Crippen LogP contribution in [-0.4, -0.2) is 5.78 Å². The minimum atomic E-state index is -0.109. The summed E-state index contributed by atoms with van der Waals surface area (Å²) in [5.41, 5.74) is 3.51. The maximum absolute atomic E-state index is 12.4. The second-order valence-electron chi connectivity index (χ2n) is 7.17. The first kappa shape index (κ1) is 13.8. The Morgan fingerprint density at radius 2 is 1.89 bits per heavy atom. The normalized spacial score (nSPS) is 35.3. The summed E-state index contributed by atoms with van der Waals surface area (Å²) in [5.74, 6) is 0.895. The fraction of sp³-hybridized carbons (Fsp3) is 0.824. The van der Waals surface area contributed by atoms with Crippen molar-refractivity contribution < 1.29 is 4.79 Å². The summed E-state index contributed by atoms with van der Waals surface area (Å²) >= 11 is 0. The fourth-order valence-electron chi connectivity index (χ4n) is 4.37. The lowest BCUT2D eigenvalue weighted by molar-refractivity contribution is -0.130. The largest absolute Gasteiger partial charge is 0.299 e. The first-order valence-electron chi connectivity index (χ1n) is 7.58. The van der Waals surface area contributed by atoms with Crippen LogP contribution >= 0.6 is 0 Å². The highest BCUT2D eigenvalue weighted by Crippen LogP contribution is 2.55. The van der Waals surface area contributed by atoms with Gasteiger partial charge in [-0.05, 0) is 43.4 Å². The van der Waals surface area contributed by atoms with Crippen molar-refractivity contribution in [2.45, 2.75) is 73.1 Å². The van der Waals surface area contributed by atoms with Gasteiger partial charge in [0.25, 0.3) is 0 Å². The number of allylic oxidation sites excluding steroid dienone is 2. The third kappa shape index (κ3) is 1.96. The number of carbonyl (C=O) groups excluding carboxylic acids is 1. The molecule has 102 valence electrons. The zero-order valence-electron chi connectivity index (χ0n) is 12.7. The van der Waals surface area contributed by atoms with Crippen LogP contribution in [0.15, 0.2) is 11.1 Å². The molecule has 0 aromatic rings. The van der Waals surface area contributed by atoms with E-state index < -0.39 is 0 Å². The van der Waals surface area contributed by atoms with Gasteiger partial charge in [-0.3, -0.25) is 4.79 Å². The summed E-state index contributed by atoms with van der Waals surface area (Å²) in [6, 6.07) is 0. The molecule has 1 heteroatoms. The van der Waals surface area contributed by atoms with Gasteiger partial charge in [-0.25, -0.2) is 0 Å². The molecule has 0 N–H and O–H groups in total. The second-order valence-corrected chi connectivity index (χ2v) is 7.17. The molecule has 0 aromatic heterocycles. The average molecular weight is 248 g/mol. The first-order valence-corrected chi connectivity index (χ1v) is 7.58. The lowest BCUT2D eigenvalue weighted by atomic mass is 9.55. The van der Waals surface area contributed by atoms with Gasteiger partial charge in [0.05, 0.1) is 0 Å². The maximum Gasteiger partial charge on any atom is 0.139 e. The monoisotopic (exact) mass is 248 g/mol. The van der Waals surface area contributed by atoms with Gasteiger partial charge < -0.3 is 0 Å². The minimum absolute atomic E-state index is 0.109. The van der Waals surface area contributed by atoms with Crippen molar-refractivity contribution >= 4 is 5.78 Å². The van der Waals surface area contributed by atoms with E-state index in [1.54, 1.807) is 11.1 Å². The van der Waals surface area contributed by atoms with Crippen molar-refractivity contribution in [3.05, 3.63) is 11.1 Å². The lowest BCUT2D eigenvalue weighted by Crippen LogP contribution is -2.42. The Balaban J connectivity index is 2.42. The Bertz CT molecular complexity index is 388. The number of rotatable bonds is 2. The summed E-state index contributed by atoms with van der Waals surface area (Å²) in [5, 5.41) is 0. The van der Waals surface area contributed by atoms with Crippen LogP contribution in [0.4, 0.5) is 0 Å². The number of Topliss-reactive ketones (excluding diaryl/α,β-unsaturated/α-hetero) is 1. The lowest BCUT2D eigenvalue weighted by Gasteiger charge is -2.49. The summed E-state index contributed by atoms with van der Waals surface area (Å²) in [7, 11) is 0. The van der Waals surface area contributed by atoms with Gasteiger partial charge >= 0.3 is 0 Å². The Morgan fingerprint density at radius 1 is 1.22 bits per heavy atom. The molecule has 2 unspecified atom stereocenters.